The van der Waals surface area contributed by atoms with Gasteiger partial charge in [-0.05, 0) is 47.8 Å². The lowest BCUT2D eigenvalue weighted by Crippen LogP contribution is -2.44. The summed E-state index contributed by atoms with van der Waals surface area (Å²) >= 11 is 0. The zero-order valence-corrected chi connectivity index (χ0v) is 25.5. The number of carbonyl (C=O) groups excluding carboxylic acids is 2. The van der Waals surface area contributed by atoms with Gasteiger partial charge in [-0.3, -0.25) is 9.59 Å². The Morgan fingerprint density at radius 2 is 1.24 bits per heavy atom. The minimum absolute atomic E-state index is 0.141. The average Bonchev–Trinajstić information content (AvgIpc) is 2.93. The van der Waals surface area contributed by atoms with Crippen LogP contribution in [0.1, 0.15) is 81.5 Å². The van der Waals surface area contributed by atoms with Crippen LogP contribution in [0.15, 0.2) is 101 Å². The zero-order chi connectivity index (χ0) is 29.6. The second-order valence-corrected chi connectivity index (χ2v) is 13.9. The van der Waals surface area contributed by atoms with Gasteiger partial charge in [-0.2, -0.15) is 0 Å². The molecule has 0 bridgehead atoms. The van der Waals surface area contributed by atoms with Crippen LogP contribution in [0, 0.1) is 17.8 Å². The van der Waals surface area contributed by atoms with Crippen molar-refractivity contribution >= 4 is 11.6 Å². The smallest absolute Gasteiger partial charge is 0.162 e. The number of Topliss-reactive ketones (excluding diaryl/α,β-unsaturated/α-hetero) is 2. The summed E-state index contributed by atoms with van der Waals surface area (Å²) < 4.78 is 6.47. The Kier molecular flexibility index (Phi) is 7.21. The average molecular weight is 560 g/mol. The van der Waals surface area contributed by atoms with Gasteiger partial charge >= 0.3 is 0 Å². The molecule has 3 aromatic rings. The summed E-state index contributed by atoms with van der Waals surface area (Å²) in [7, 11) is 0. The molecule has 0 amide bonds. The number of ether oxygens (including phenoxy) is 1. The SMILES string of the molecule is Cc1ccc(COc2ccccc2C2C3=C(CC(C)(C)CC3=O)N(Cc3ccccc3)C3=C2C(=O)CC(C)(C)C3)cc1. The number of carbonyl (C=O) groups is 2. The highest BCUT2D eigenvalue weighted by Gasteiger charge is 2.49. The molecular weight excluding hydrogens is 518 g/mol. The maximum atomic E-state index is 14.2. The van der Waals surface area contributed by atoms with Crippen molar-refractivity contribution in [2.24, 2.45) is 10.8 Å². The Hall–Kier alpha value is -3.92. The molecule has 2 aliphatic carbocycles. The number of allylic oxidation sites excluding steroid dienone is 4. The maximum Gasteiger partial charge on any atom is 0.162 e. The van der Waals surface area contributed by atoms with Gasteiger partial charge in [0.15, 0.2) is 11.6 Å². The summed E-state index contributed by atoms with van der Waals surface area (Å²) in [5, 5.41) is 0. The van der Waals surface area contributed by atoms with Crippen molar-refractivity contribution in [1.82, 2.24) is 4.90 Å². The Morgan fingerprint density at radius 1 is 0.690 bits per heavy atom. The fourth-order valence-electron chi connectivity index (χ4n) is 7.01. The van der Waals surface area contributed by atoms with E-state index in [9.17, 15) is 9.59 Å². The van der Waals surface area contributed by atoms with Crippen LogP contribution in [0.4, 0.5) is 0 Å². The first-order valence-corrected chi connectivity index (χ1v) is 15.1. The zero-order valence-electron chi connectivity index (χ0n) is 25.5. The second-order valence-electron chi connectivity index (χ2n) is 13.9. The summed E-state index contributed by atoms with van der Waals surface area (Å²) in [6, 6.07) is 26.8. The van der Waals surface area contributed by atoms with E-state index >= 15 is 0 Å². The predicted molar refractivity (Wildman–Crippen MR) is 167 cm³/mol. The highest BCUT2D eigenvalue weighted by atomic mass is 16.5. The van der Waals surface area contributed by atoms with Crippen molar-refractivity contribution < 1.29 is 14.3 Å². The third kappa shape index (κ3) is 5.47. The van der Waals surface area contributed by atoms with Crippen LogP contribution >= 0.6 is 0 Å². The molecule has 1 heterocycles. The quantitative estimate of drug-likeness (QED) is 0.304. The van der Waals surface area contributed by atoms with Gasteiger partial charge in [-0.15, -0.1) is 0 Å². The van der Waals surface area contributed by atoms with Crippen molar-refractivity contribution in [1.29, 1.82) is 0 Å². The molecule has 6 rings (SSSR count). The van der Waals surface area contributed by atoms with E-state index in [1.165, 1.54) is 11.1 Å². The Labute approximate surface area is 250 Å². The van der Waals surface area contributed by atoms with Crippen molar-refractivity contribution in [3.05, 3.63) is 124 Å². The molecule has 0 N–H and O–H groups in total. The summed E-state index contributed by atoms with van der Waals surface area (Å²) in [4.78, 5) is 30.7. The summed E-state index contributed by atoms with van der Waals surface area (Å²) in [6.07, 6.45) is 2.51. The van der Waals surface area contributed by atoms with E-state index in [0.29, 0.717) is 26.0 Å². The molecule has 0 radical (unpaired) electrons. The second kappa shape index (κ2) is 10.7. The van der Waals surface area contributed by atoms with Gasteiger partial charge in [0.05, 0.1) is 0 Å². The monoisotopic (exact) mass is 559 g/mol. The third-order valence-corrected chi connectivity index (χ3v) is 8.95. The van der Waals surface area contributed by atoms with Crippen molar-refractivity contribution in [3.8, 4) is 5.75 Å². The predicted octanol–water partition coefficient (Wildman–Crippen LogP) is 8.46. The lowest BCUT2D eigenvalue weighted by Gasteiger charge is -2.49. The summed E-state index contributed by atoms with van der Waals surface area (Å²) in [5.41, 5.74) is 7.74. The molecule has 0 spiro atoms. The molecule has 216 valence electrons. The topological polar surface area (TPSA) is 46.6 Å². The number of hydrogen-bond donors (Lipinski definition) is 0. The molecule has 4 heteroatoms. The van der Waals surface area contributed by atoms with Crippen molar-refractivity contribution in [3.63, 3.8) is 0 Å². The molecule has 1 aliphatic heterocycles. The highest BCUT2D eigenvalue weighted by molar-refractivity contribution is 6.07. The molecular formula is C38H41NO3. The fraction of sp³-hybridized carbons (Fsp3) is 0.368. The van der Waals surface area contributed by atoms with Crippen molar-refractivity contribution in [2.45, 2.75) is 79.4 Å². The van der Waals surface area contributed by atoms with Gasteiger partial charge in [0, 0.05) is 53.4 Å². The van der Waals surface area contributed by atoms with Gasteiger partial charge in [0.1, 0.15) is 12.4 Å². The van der Waals surface area contributed by atoms with Gasteiger partial charge in [-0.25, -0.2) is 0 Å². The van der Waals surface area contributed by atoms with Gasteiger partial charge in [0.2, 0.25) is 0 Å². The fourth-order valence-corrected chi connectivity index (χ4v) is 7.01. The molecule has 3 aromatic carbocycles. The number of aryl methyl sites for hydroxylation is 1. The number of nitrogens with zero attached hydrogens (tertiary/aromatic N) is 1. The highest BCUT2D eigenvalue weighted by Crippen LogP contribution is 2.55. The Balaban J connectivity index is 1.52. The maximum absolute atomic E-state index is 14.2. The summed E-state index contributed by atoms with van der Waals surface area (Å²) in [6.45, 7) is 11.9. The first-order valence-electron chi connectivity index (χ1n) is 15.1. The minimum atomic E-state index is -0.427. The van der Waals surface area contributed by atoms with Crippen LogP contribution in [0.5, 0.6) is 5.75 Å². The van der Waals surface area contributed by atoms with E-state index in [0.717, 1.165) is 52.3 Å². The van der Waals surface area contributed by atoms with E-state index in [2.05, 4.69) is 94.1 Å². The number of ketones is 2. The number of rotatable bonds is 6. The Bertz CT molecular complexity index is 1540. The van der Waals surface area contributed by atoms with E-state index in [1.54, 1.807) is 0 Å². The van der Waals surface area contributed by atoms with Crippen molar-refractivity contribution in [2.75, 3.05) is 0 Å². The number of para-hydroxylation sites is 1. The summed E-state index contributed by atoms with van der Waals surface area (Å²) in [5.74, 6) is 0.584. The molecule has 0 atom stereocenters. The van der Waals surface area contributed by atoms with E-state index in [1.807, 2.05) is 24.3 Å². The lowest BCUT2D eigenvalue weighted by atomic mass is 9.63. The Morgan fingerprint density at radius 3 is 1.83 bits per heavy atom. The molecule has 0 saturated heterocycles. The van der Waals surface area contributed by atoms with Crippen LogP contribution in [0.2, 0.25) is 0 Å². The number of hydrogen-bond acceptors (Lipinski definition) is 4. The van der Waals surface area contributed by atoms with Crippen LogP contribution < -0.4 is 4.74 Å². The molecule has 0 saturated carbocycles. The minimum Gasteiger partial charge on any atom is -0.489 e. The van der Waals surface area contributed by atoms with Gasteiger partial charge < -0.3 is 9.64 Å². The first kappa shape index (κ1) is 28.2. The third-order valence-electron chi connectivity index (χ3n) is 8.95. The molecule has 4 nitrogen and oxygen atoms in total. The van der Waals surface area contributed by atoms with Crippen LogP contribution in [0.25, 0.3) is 0 Å². The molecule has 0 aromatic heterocycles. The van der Waals surface area contributed by atoms with E-state index in [-0.39, 0.29) is 22.4 Å². The normalized spacial score (nSPS) is 20.0. The molecule has 0 fully saturated rings. The van der Waals surface area contributed by atoms with Crippen LogP contribution in [-0.4, -0.2) is 16.5 Å². The van der Waals surface area contributed by atoms with E-state index < -0.39 is 5.92 Å². The largest absolute Gasteiger partial charge is 0.489 e. The lowest BCUT2D eigenvalue weighted by molar-refractivity contribution is -0.119. The number of benzene rings is 3. The van der Waals surface area contributed by atoms with Gasteiger partial charge in [-0.1, -0.05) is 106 Å². The van der Waals surface area contributed by atoms with Crippen LogP contribution in [0.3, 0.4) is 0 Å². The standard InChI is InChI=1S/C38H41NO3/c1-25-15-17-27(18-16-25)24-42-33-14-10-9-13-28(33)34-35-29(19-37(2,3)21-31(35)40)39(23-26-11-7-6-8-12-26)30-20-38(4,5)22-32(41)36(30)34/h6-18,34H,19-24H2,1-5H3. The first-order chi connectivity index (χ1) is 20.0. The molecule has 3 aliphatic rings. The molecule has 42 heavy (non-hydrogen) atoms. The van der Waals surface area contributed by atoms with E-state index in [4.69, 9.17) is 4.74 Å². The van der Waals surface area contributed by atoms with Gasteiger partial charge in [0.25, 0.3) is 0 Å². The van der Waals surface area contributed by atoms with Crippen LogP contribution in [-0.2, 0) is 22.7 Å². The molecule has 0 unspecified atom stereocenters.